The van der Waals surface area contributed by atoms with E-state index in [1.165, 1.54) is 0 Å². The summed E-state index contributed by atoms with van der Waals surface area (Å²) in [5.74, 6) is 0.788. The Balaban J connectivity index is 1.66. The zero-order chi connectivity index (χ0) is 16.5. The number of fused-ring (bicyclic) bond motifs is 1. The van der Waals surface area contributed by atoms with Crippen molar-refractivity contribution in [2.24, 2.45) is 4.99 Å². The summed E-state index contributed by atoms with van der Waals surface area (Å²) in [6.45, 7) is 0.775. The van der Waals surface area contributed by atoms with Crippen LogP contribution >= 0.6 is 11.8 Å². The molecule has 6 nitrogen and oxygen atoms in total. The molecule has 3 aromatic rings. The number of nitrogens with one attached hydrogen (secondary N) is 1. The first-order valence-electron chi connectivity index (χ1n) is 7.47. The van der Waals surface area contributed by atoms with Crippen LogP contribution in [0.3, 0.4) is 0 Å². The number of amides is 1. The molecule has 1 aliphatic rings. The molecule has 1 aliphatic heterocycles. The van der Waals surface area contributed by atoms with E-state index in [9.17, 15) is 9.90 Å². The number of phenols is 1. The van der Waals surface area contributed by atoms with Gasteiger partial charge in [-0.15, -0.1) is 0 Å². The summed E-state index contributed by atoms with van der Waals surface area (Å²) < 4.78 is 0. The Kier molecular flexibility index (Phi) is 3.70. The highest BCUT2D eigenvalue weighted by Gasteiger charge is 2.23. The highest BCUT2D eigenvalue weighted by molar-refractivity contribution is 8.14. The predicted molar refractivity (Wildman–Crippen MR) is 95.8 cm³/mol. The van der Waals surface area contributed by atoms with Crippen LogP contribution in [0.5, 0.6) is 5.75 Å². The third kappa shape index (κ3) is 2.63. The quantitative estimate of drug-likeness (QED) is 0.751. The van der Waals surface area contributed by atoms with E-state index in [4.69, 9.17) is 0 Å². The zero-order valence-corrected chi connectivity index (χ0v) is 13.5. The van der Waals surface area contributed by atoms with Crippen LogP contribution in [0, 0.1) is 0 Å². The topological polar surface area (TPSA) is 81.6 Å². The molecule has 4 rings (SSSR count). The molecular formula is C17H14N4O2S. The van der Waals surface area contributed by atoms with Gasteiger partial charge in [0.1, 0.15) is 11.4 Å². The molecule has 1 saturated heterocycles. The van der Waals surface area contributed by atoms with Gasteiger partial charge in [-0.3, -0.25) is 4.79 Å². The highest BCUT2D eigenvalue weighted by atomic mass is 32.2. The standard InChI is InChI=1S/C17H14N4O2S/c22-12-5-3-11(4-6-12)21-8-9-24-17(21)20-16(23)14-10-19-15-13(14)2-1-7-18-15/h1-7,10,22H,8-9H2,(H,18,19)/b20-17-. The highest BCUT2D eigenvalue weighted by Crippen LogP contribution is 2.27. The third-order valence-corrected chi connectivity index (χ3v) is 4.77. The van der Waals surface area contributed by atoms with Crippen molar-refractivity contribution in [3.63, 3.8) is 0 Å². The number of benzene rings is 1. The van der Waals surface area contributed by atoms with Gasteiger partial charge in [-0.25, -0.2) is 4.98 Å². The smallest absolute Gasteiger partial charge is 0.281 e. The number of carbonyl (C=O) groups is 1. The molecular weight excluding hydrogens is 324 g/mol. The lowest BCUT2D eigenvalue weighted by Crippen LogP contribution is -2.24. The minimum Gasteiger partial charge on any atom is -0.508 e. The van der Waals surface area contributed by atoms with Crippen molar-refractivity contribution in [1.29, 1.82) is 0 Å². The van der Waals surface area contributed by atoms with Crippen molar-refractivity contribution in [2.75, 3.05) is 17.2 Å². The van der Waals surface area contributed by atoms with Gasteiger partial charge >= 0.3 is 0 Å². The fraction of sp³-hybridized carbons (Fsp3) is 0.118. The van der Waals surface area contributed by atoms with E-state index in [1.807, 2.05) is 23.1 Å². The van der Waals surface area contributed by atoms with Gasteiger partial charge in [0.05, 0.1) is 5.56 Å². The molecule has 1 aromatic carbocycles. The normalized spacial score (nSPS) is 16.2. The van der Waals surface area contributed by atoms with Gasteiger partial charge in [0, 0.05) is 35.8 Å². The molecule has 120 valence electrons. The molecule has 7 heteroatoms. The van der Waals surface area contributed by atoms with Crippen LogP contribution in [-0.2, 0) is 0 Å². The molecule has 0 atom stereocenters. The maximum Gasteiger partial charge on any atom is 0.281 e. The number of aromatic amines is 1. The van der Waals surface area contributed by atoms with Crippen molar-refractivity contribution in [3.8, 4) is 5.75 Å². The number of rotatable bonds is 2. The number of nitrogens with zero attached hydrogens (tertiary/aromatic N) is 3. The summed E-state index contributed by atoms with van der Waals surface area (Å²) in [4.78, 5) is 26.1. The summed E-state index contributed by atoms with van der Waals surface area (Å²) >= 11 is 1.55. The molecule has 24 heavy (non-hydrogen) atoms. The molecule has 0 saturated carbocycles. The Morgan fingerprint density at radius 3 is 2.96 bits per heavy atom. The molecule has 0 aliphatic carbocycles. The summed E-state index contributed by atoms with van der Waals surface area (Å²) in [6, 6.07) is 10.5. The lowest BCUT2D eigenvalue weighted by atomic mass is 10.2. The van der Waals surface area contributed by atoms with Crippen LogP contribution in [0.4, 0.5) is 5.69 Å². The van der Waals surface area contributed by atoms with Gasteiger partial charge in [0.15, 0.2) is 5.17 Å². The van der Waals surface area contributed by atoms with E-state index >= 15 is 0 Å². The molecule has 0 spiro atoms. The van der Waals surface area contributed by atoms with Gasteiger partial charge in [-0.1, -0.05) is 11.8 Å². The number of carbonyl (C=O) groups excluding carboxylic acids is 1. The van der Waals surface area contributed by atoms with E-state index < -0.39 is 0 Å². The zero-order valence-electron chi connectivity index (χ0n) is 12.6. The molecule has 0 bridgehead atoms. The average Bonchev–Trinajstić information content (AvgIpc) is 3.22. The maximum absolute atomic E-state index is 12.6. The number of anilines is 1. The predicted octanol–water partition coefficient (Wildman–Crippen LogP) is 3.02. The van der Waals surface area contributed by atoms with Gasteiger partial charge in [-0.2, -0.15) is 4.99 Å². The van der Waals surface area contributed by atoms with Crippen LogP contribution < -0.4 is 4.90 Å². The molecule has 2 aromatic heterocycles. The minimum absolute atomic E-state index is 0.214. The number of aromatic nitrogens is 2. The van der Waals surface area contributed by atoms with Crippen LogP contribution in [0.15, 0.2) is 53.8 Å². The number of aliphatic imine (C=N–C) groups is 1. The number of pyridine rings is 1. The SMILES string of the molecule is O=C(/N=C1\SCCN1c1ccc(O)cc1)c1c[nH]c2ncccc12. The molecule has 1 fully saturated rings. The fourth-order valence-electron chi connectivity index (χ4n) is 2.65. The molecule has 3 heterocycles. The van der Waals surface area contributed by atoms with Crippen LogP contribution in [-0.4, -0.2) is 38.4 Å². The second-order valence-electron chi connectivity index (χ2n) is 5.32. The Labute approximate surface area is 142 Å². The number of H-pyrrole nitrogens is 1. The second-order valence-corrected chi connectivity index (χ2v) is 6.38. The van der Waals surface area contributed by atoms with Crippen LogP contribution in [0.25, 0.3) is 11.0 Å². The minimum atomic E-state index is -0.289. The molecule has 2 N–H and O–H groups in total. The van der Waals surface area contributed by atoms with Crippen LogP contribution in [0.2, 0.25) is 0 Å². The Bertz CT molecular complexity index is 933. The van der Waals surface area contributed by atoms with Crippen molar-refractivity contribution in [1.82, 2.24) is 9.97 Å². The van der Waals surface area contributed by atoms with Crippen molar-refractivity contribution < 1.29 is 9.90 Å². The van der Waals surface area contributed by atoms with E-state index in [0.717, 1.165) is 23.4 Å². The van der Waals surface area contributed by atoms with Crippen molar-refractivity contribution >= 4 is 39.6 Å². The van der Waals surface area contributed by atoms with E-state index in [-0.39, 0.29) is 11.7 Å². The summed E-state index contributed by atoms with van der Waals surface area (Å²) in [6.07, 6.45) is 3.33. The Morgan fingerprint density at radius 2 is 2.12 bits per heavy atom. The van der Waals surface area contributed by atoms with Gasteiger partial charge in [0.25, 0.3) is 5.91 Å². The number of thioether (sulfide) groups is 1. The number of amidine groups is 1. The first kappa shape index (κ1) is 14.8. The summed E-state index contributed by atoms with van der Waals surface area (Å²) in [5.41, 5.74) is 2.10. The summed E-state index contributed by atoms with van der Waals surface area (Å²) in [5, 5.41) is 10.9. The van der Waals surface area contributed by atoms with Gasteiger partial charge in [-0.05, 0) is 36.4 Å². The van der Waals surface area contributed by atoms with E-state index in [2.05, 4.69) is 15.0 Å². The third-order valence-electron chi connectivity index (χ3n) is 3.82. The number of phenolic OH excluding ortho intramolecular Hbond substituents is 1. The lowest BCUT2D eigenvalue weighted by molar-refractivity contribution is 0.100. The van der Waals surface area contributed by atoms with Crippen molar-refractivity contribution in [2.45, 2.75) is 0 Å². The fourth-order valence-corrected chi connectivity index (χ4v) is 3.60. The molecule has 0 radical (unpaired) electrons. The number of hydrogen-bond donors (Lipinski definition) is 2. The molecule has 0 unspecified atom stereocenters. The summed E-state index contributed by atoms with van der Waals surface area (Å²) in [7, 11) is 0. The molecule has 1 amide bonds. The first-order chi connectivity index (χ1) is 11.7. The van der Waals surface area contributed by atoms with Gasteiger partial charge in [0.2, 0.25) is 0 Å². The Morgan fingerprint density at radius 1 is 1.29 bits per heavy atom. The largest absolute Gasteiger partial charge is 0.508 e. The van der Waals surface area contributed by atoms with Crippen LogP contribution in [0.1, 0.15) is 10.4 Å². The number of aromatic hydroxyl groups is 1. The lowest BCUT2D eigenvalue weighted by Gasteiger charge is -2.17. The van der Waals surface area contributed by atoms with E-state index in [0.29, 0.717) is 16.4 Å². The average molecular weight is 338 g/mol. The van der Waals surface area contributed by atoms with Crippen molar-refractivity contribution in [3.05, 3.63) is 54.4 Å². The van der Waals surface area contributed by atoms with E-state index in [1.54, 1.807) is 42.4 Å². The first-order valence-corrected chi connectivity index (χ1v) is 8.45. The number of hydrogen-bond acceptors (Lipinski definition) is 4. The monoisotopic (exact) mass is 338 g/mol. The van der Waals surface area contributed by atoms with Gasteiger partial charge < -0.3 is 15.0 Å². The Hall–Kier alpha value is -2.80. The maximum atomic E-state index is 12.6. The second kappa shape index (κ2) is 6.01.